The molecule has 1 unspecified atom stereocenters. The summed E-state index contributed by atoms with van der Waals surface area (Å²) in [6, 6.07) is 0.308. The van der Waals surface area contributed by atoms with E-state index in [1.54, 1.807) is 12.4 Å². The van der Waals surface area contributed by atoms with E-state index in [2.05, 4.69) is 32.5 Å². The molecule has 0 radical (unpaired) electrons. The Morgan fingerprint density at radius 1 is 1.40 bits per heavy atom. The van der Waals surface area contributed by atoms with Crippen LogP contribution in [0.3, 0.4) is 0 Å². The van der Waals surface area contributed by atoms with Crippen LogP contribution in [0.4, 0.5) is 11.6 Å². The zero-order valence-corrected chi connectivity index (χ0v) is 9.36. The first-order valence-electron chi connectivity index (χ1n) is 4.81. The van der Waals surface area contributed by atoms with Gasteiger partial charge in [-0.15, -0.1) is 0 Å². The number of nitrogens with zero attached hydrogens (tertiary/aromatic N) is 3. The van der Waals surface area contributed by atoms with Gasteiger partial charge in [0.2, 0.25) is 0 Å². The maximum absolute atomic E-state index is 5.24. The van der Waals surface area contributed by atoms with Crippen LogP contribution >= 0.6 is 0 Å². The molecule has 0 bridgehead atoms. The van der Waals surface area contributed by atoms with Gasteiger partial charge in [-0.25, -0.2) is 10.8 Å². The lowest BCUT2D eigenvalue weighted by Gasteiger charge is -2.18. The van der Waals surface area contributed by atoms with Gasteiger partial charge in [-0.3, -0.25) is 4.98 Å². The molecule has 1 aromatic rings. The molecule has 84 valence electrons. The van der Waals surface area contributed by atoms with Crippen molar-refractivity contribution in [2.24, 2.45) is 5.84 Å². The van der Waals surface area contributed by atoms with E-state index in [-0.39, 0.29) is 0 Å². The molecular weight excluding hydrogens is 192 g/mol. The summed E-state index contributed by atoms with van der Waals surface area (Å²) < 4.78 is 0. The van der Waals surface area contributed by atoms with Crippen LogP contribution in [0.2, 0.25) is 0 Å². The molecule has 0 aliphatic carbocycles. The van der Waals surface area contributed by atoms with Crippen molar-refractivity contribution in [3.8, 4) is 0 Å². The van der Waals surface area contributed by atoms with Crippen molar-refractivity contribution in [1.82, 2.24) is 14.9 Å². The normalized spacial score (nSPS) is 12.6. The van der Waals surface area contributed by atoms with Crippen LogP contribution in [0, 0.1) is 0 Å². The van der Waals surface area contributed by atoms with E-state index in [0.29, 0.717) is 11.9 Å². The Bertz CT molecular complexity index is 300. The molecule has 1 heterocycles. The molecule has 1 aromatic heterocycles. The average Bonchev–Trinajstić information content (AvgIpc) is 2.16. The second kappa shape index (κ2) is 5.47. The minimum Gasteiger partial charge on any atom is -0.365 e. The summed E-state index contributed by atoms with van der Waals surface area (Å²) in [7, 11) is 4.06. The quantitative estimate of drug-likeness (QED) is 0.473. The first kappa shape index (κ1) is 11.7. The van der Waals surface area contributed by atoms with Crippen LogP contribution in [0.1, 0.15) is 6.92 Å². The van der Waals surface area contributed by atoms with Crippen molar-refractivity contribution in [2.45, 2.75) is 13.0 Å². The van der Waals surface area contributed by atoms with E-state index >= 15 is 0 Å². The predicted molar refractivity (Wildman–Crippen MR) is 61.5 cm³/mol. The van der Waals surface area contributed by atoms with Gasteiger partial charge in [0.15, 0.2) is 5.82 Å². The lowest BCUT2D eigenvalue weighted by atomic mass is 10.3. The van der Waals surface area contributed by atoms with E-state index in [1.165, 1.54) is 0 Å². The van der Waals surface area contributed by atoms with Crippen LogP contribution in [0.5, 0.6) is 0 Å². The monoisotopic (exact) mass is 210 g/mol. The van der Waals surface area contributed by atoms with Gasteiger partial charge in [0.25, 0.3) is 0 Å². The molecule has 6 heteroatoms. The minimum absolute atomic E-state index is 0.308. The van der Waals surface area contributed by atoms with E-state index in [1.807, 2.05) is 14.1 Å². The van der Waals surface area contributed by atoms with Gasteiger partial charge in [-0.1, -0.05) is 0 Å². The third kappa shape index (κ3) is 4.09. The van der Waals surface area contributed by atoms with Gasteiger partial charge in [-0.2, -0.15) is 0 Å². The van der Waals surface area contributed by atoms with E-state index in [0.717, 1.165) is 12.4 Å². The number of rotatable bonds is 5. The SMILES string of the molecule is CC(CN(C)C)Nc1cncc(NN)n1. The number of nitrogens with one attached hydrogen (secondary N) is 2. The fraction of sp³-hybridized carbons (Fsp3) is 0.556. The van der Waals surface area contributed by atoms with Crippen LogP contribution < -0.4 is 16.6 Å². The van der Waals surface area contributed by atoms with Crippen LogP contribution in [0.15, 0.2) is 12.4 Å². The fourth-order valence-corrected chi connectivity index (χ4v) is 1.35. The summed E-state index contributed by atoms with van der Waals surface area (Å²) in [4.78, 5) is 10.3. The Labute approximate surface area is 89.9 Å². The van der Waals surface area contributed by atoms with Crippen LogP contribution in [-0.4, -0.2) is 41.5 Å². The summed E-state index contributed by atoms with van der Waals surface area (Å²) in [6.45, 7) is 3.02. The van der Waals surface area contributed by atoms with Crippen LogP contribution in [0.25, 0.3) is 0 Å². The number of nitrogens with two attached hydrogens (primary N) is 1. The van der Waals surface area contributed by atoms with Crippen molar-refractivity contribution in [2.75, 3.05) is 31.4 Å². The Hall–Kier alpha value is -1.40. The number of hydrazine groups is 1. The largest absolute Gasteiger partial charge is 0.365 e. The molecule has 0 fully saturated rings. The van der Waals surface area contributed by atoms with Gasteiger partial charge in [-0.05, 0) is 21.0 Å². The van der Waals surface area contributed by atoms with Crippen molar-refractivity contribution in [1.29, 1.82) is 0 Å². The third-order valence-electron chi connectivity index (χ3n) is 1.82. The minimum atomic E-state index is 0.308. The molecule has 1 atom stereocenters. The molecule has 0 amide bonds. The number of hydrogen-bond donors (Lipinski definition) is 3. The molecule has 0 spiro atoms. The smallest absolute Gasteiger partial charge is 0.160 e. The van der Waals surface area contributed by atoms with E-state index in [9.17, 15) is 0 Å². The maximum Gasteiger partial charge on any atom is 0.160 e. The number of likely N-dealkylation sites (N-methyl/N-ethyl adjacent to an activating group) is 1. The maximum atomic E-state index is 5.24. The molecule has 0 saturated heterocycles. The summed E-state index contributed by atoms with van der Waals surface area (Å²) >= 11 is 0. The number of aromatic nitrogens is 2. The molecular formula is C9H18N6. The Morgan fingerprint density at radius 2 is 2.07 bits per heavy atom. The zero-order valence-electron chi connectivity index (χ0n) is 9.36. The van der Waals surface area contributed by atoms with Crippen molar-refractivity contribution < 1.29 is 0 Å². The Morgan fingerprint density at radius 3 is 2.67 bits per heavy atom. The second-order valence-electron chi connectivity index (χ2n) is 3.74. The summed E-state index contributed by atoms with van der Waals surface area (Å²) in [5, 5.41) is 3.24. The van der Waals surface area contributed by atoms with Gasteiger partial charge in [0.1, 0.15) is 5.82 Å². The van der Waals surface area contributed by atoms with Gasteiger partial charge >= 0.3 is 0 Å². The highest BCUT2D eigenvalue weighted by molar-refractivity contribution is 5.41. The van der Waals surface area contributed by atoms with E-state index < -0.39 is 0 Å². The van der Waals surface area contributed by atoms with E-state index in [4.69, 9.17) is 5.84 Å². The average molecular weight is 210 g/mol. The number of hydrogen-bond acceptors (Lipinski definition) is 6. The van der Waals surface area contributed by atoms with Crippen LogP contribution in [-0.2, 0) is 0 Å². The Kier molecular flexibility index (Phi) is 4.26. The Balaban J connectivity index is 2.55. The number of anilines is 2. The molecule has 0 aliphatic rings. The van der Waals surface area contributed by atoms with Crippen molar-refractivity contribution in [3.63, 3.8) is 0 Å². The molecule has 6 nitrogen and oxygen atoms in total. The van der Waals surface area contributed by atoms with Gasteiger partial charge in [0, 0.05) is 12.6 Å². The first-order valence-corrected chi connectivity index (χ1v) is 4.81. The topological polar surface area (TPSA) is 79.1 Å². The second-order valence-corrected chi connectivity index (χ2v) is 3.74. The molecule has 0 aliphatic heterocycles. The molecule has 0 saturated carbocycles. The highest BCUT2D eigenvalue weighted by atomic mass is 15.3. The van der Waals surface area contributed by atoms with Crippen molar-refractivity contribution >= 4 is 11.6 Å². The third-order valence-corrected chi connectivity index (χ3v) is 1.82. The van der Waals surface area contributed by atoms with Gasteiger partial charge in [0.05, 0.1) is 12.4 Å². The summed E-state index contributed by atoms with van der Waals surface area (Å²) in [6.07, 6.45) is 3.24. The standard InChI is InChI=1S/C9H18N6/c1-7(6-15(2)3)12-8-4-11-5-9(13-8)14-10/h4-5,7H,6,10H2,1-3H3,(H2,12,13,14). The van der Waals surface area contributed by atoms with Gasteiger partial charge < -0.3 is 15.6 Å². The molecule has 1 rings (SSSR count). The summed E-state index contributed by atoms with van der Waals surface area (Å²) in [5.74, 6) is 6.52. The molecule has 4 N–H and O–H groups in total. The lowest BCUT2D eigenvalue weighted by Crippen LogP contribution is -2.30. The van der Waals surface area contributed by atoms with Crippen molar-refractivity contribution in [3.05, 3.63) is 12.4 Å². The lowest BCUT2D eigenvalue weighted by molar-refractivity contribution is 0.392. The fourth-order valence-electron chi connectivity index (χ4n) is 1.35. The first-order chi connectivity index (χ1) is 7.11. The number of nitrogen functional groups attached to an aromatic ring is 1. The molecule has 0 aromatic carbocycles. The summed E-state index contributed by atoms with van der Waals surface area (Å²) in [5.41, 5.74) is 2.46. The highest BCUT2D eigenvalue weighted by Crippen LogP contribution is 2.06. The predicted octanol–water partition coefficient (Wildman–Crippen LogP) is 0.124. The zero-order chi connectivity index (χ0) is 11.3. The highest BCUT2D eigenvalue weighted by Gasteiger charge is 2.04. The molecule has 15 heavy (non-hydrogen) atoms.